The van der Waals surface area contributed by atoms with Crippen molar-refractivity contribution >= 4 is 6.03 Å². The molecule has 2 saturated heterocycles. The van der Waals surface area contributed by atoms with Crippen LogP contribution >= 0.6 is 0 Å². The van der Waals surface area contributed by atoms with Crippen LogP contribution in [0.5, 0.6) is 0 Å². The Morgan fingerprint density at radius 1 is 1.16 bits per heavy atom. The van der Waals surface area contributed by atoms with Crippen LogP contribution in [0.15, 0.2) is 11.8 Å². The molecule has 2 rings (SSSR count). The maximum Gasteiger partial charge on any atom is 0.318 e. The topological polar surface area (TPSA) is 62.8 Å². The Balaban J connectivity index is 1.56. The Morgan fingerprint density at radius 2 is 1.84 bits per heavy atom. The van der Waals surface area contributed by atoms with Gasteiger partial charge in [0.1, 0.15) is 0 Å². The fraction of sp³-hybridized carbons (Fsp3) is 0.769. The summed E-state index contributed by atoms with van der Waals surface area (Å²) in [6.45, 7) is 6.54. The van der Waals surface area contributed by atoms with Gasteiger partial charge in [0, 0.05) is 32.4 Å². The summed E-state index contributed by atoms with van der Waals surface area (Å²) in [7, 11) is 0. The molecule has 2 heterocycles. The number of morpholine rings is 1. The van der Waals surface area contributed by atoms with E-state index in [9.17, 15) is 4.79 Å². The van der Waals surface area contributed by atoms with Gasteiger partial charge >= 0.3 is 6.03 Å². The minimum atomic E-state index is -0.132. The minimum absolute atomic E-state index is 0.132. The van der Waals surface area contributed by atoms with Gasteiger partial charge in [-0.1, -0.05) is 0 Å². The highest BCUT2D eigenvalue weighted by atomic mass is 16.5. The summed E-state index contributed by atoms with van der Waals surface area (Å²) < 4.78 is 10.5. The second-order valence-corrected chi connectivity index (χ2v) is 4.77. The predicted octanol–water partition coefficient (Wildman–Crippen LogP) is 0.312. The number of carbonyl (C=O) groups is 1. The van der Waals surface area contributed by atoms with Gasteiger partial charge in [0.15, 0.2) is 0 Å². The third kappa shape index (κ3) is 5.59. The van der Waals surface area contributed by atoms with E-state index in [4.69, 9.17) is 9.47 Å². The molecule has 2 amide bonds. The van der Waals surface area contributed by atoms with E-state index < -0.39 is 0 Å². The number of rotatable bonds is 4. The van der Waals surface area contributed by atoms with E-state index in [1.54, 1.807) is 0 Å². The van der Waals surface area contributed by atoms with Gasteiger partial charge in [0.05, 0.1) is 26.4 Å². The molecule has 2 aliphatic rings. The molecular formula is C13H23N3O3. The van der Waals surface area contributed by atoms with Gasteiger partial charge in [-0.3, -0.25) is 4.90 Å². The molecule has 2 aliphatic heterocycles. The number of hydrogen-bond donors (Lipinski definition) is 2. The van der Waals surface area contributed by atoms with Crippen molar-refractivity contribution in [1.82, 2.24) is 15.5 Å². The zero-order valence-electron chi connectivity index (χ0n) is 11.3. The summed E-state index contributed by atoms with van der Waals surface area (Å²) in [5.41, 5.74) is 1.24. The second kappa shape index (κ2) is 8.14. The number of amides is 2. The molecule has 6 nitrogen and oxygen atoms in total. The van der Waals surface area contributed by atoms with Gasteiger partial charge in [-0.2, -0.15) is 0 Å². The lowest BCUT2D eigenvalue weighted by Crippen LogP contribution is -2.43. The van der Waals surface area contributed by atoms with Crippen LogP contribution < -0.4 is 10.6 Å². The highest BCUT2D eigenvalue weighted by Crippen LogP contribution is 2.11. The Labute approximate surface area is 114 Å². The summed E-state index contributed by atoms with van der Waals surface area (Å²) in [5.74, 6) is 0. The van der Waals surface area contributed by atoms with Crippen molar-refractivity contribution in [2.75, 3.05) is 52.6 Å². The first-order valence-electron chi connectivity index (χ1n) is 6.95. The Kier molecular flexibility index (Phi) is 6.13. The van der Waals surface area contributed by atoms with Crippen LogP contribution in [0, 0.1) is 0 Å². The molecule has 0 aromatic carbocycles. The fourth-order valence-corrected chi connectivity index (χ4v) is 2.15. The van der Waals surface area contributed by atoms with Crippen molar-refractivity contribution in [2.45, 2.75) is 12.8 Å². The number of nitrogens with one attached hydrogen (secondary N) is 2. The molecule has 0 bridgehead atoms. The van der Waals surface area contributed by atoms with Gasteiger partial charge in [-0.25, -0.2) is 4.79 Å². The number of urea groups is 1. The molecular weight excluding hydrogens is 246 g/mol. The van der Waals surface area contributed by atoms with Crippen LogP contribution in [0.4, 0.5) is 4.79 Å². The number of carbonyl (C=O) groups excluding carboxylic acids is 1. The zero-order valence-corrected chi connectivity index (χ0v) is 11.3. The van der Waals surface area contributed by atoms with Crippen LogP contribution in [0.25, 0.3) is 0 Å². The average Bonchev–Trinajstić information content (AvgIpc) is 2.47. The smallest absolute Gasteiger partial charge is 0.318 e. The lowest BCUT2D eigenvalue weighted by molar-refractivity contribution is 0.0387. The van der Waals surface area contributed by atoms with Crippen LogP contribution in [-0.4, -0.2) is 63.5 Å². The summed E-state index contributed by atoms with van der Waals surface area (Å²) in [6, 6.07) is -0.132. The number of hydrogen-bond acceptors (Lipinski definition) is 4. The van der Waals surface area contributed by atoms with E-state index >= 15 is 0 Å². The molecule has 0 saturated carbocycles. The third-order valence-electron chi connectivity index (χ3n) is 3.36. The van der Waals surface area contributed by atoms with E-state index in [0.29, 0.717) is 6.54 Å². The van der Waals surface area contributed by atoms with E-state index in [0.717, 1.165) is 58.9 Å². The van der Waals surface area contributed by atoms with Crippen molar-refractivity contribution in [3.8, 4) is 0 Å². The number of nitrogens with zero attached hydrogens (tertiary/aromatic N) is 1. The van der Waals surface area contributed by atoms with Crippen molar-refractivity contribution in [1.29, 1.82) is 0 Å². The standard InChI is InChI=1S/C13H23N3O3/c17-13(15-11-12-1-7-18-8-2-12)14-3-4-16-5-9-19-10-6-16/h11H,1-10H2,(H2,14,15,17). The Bertz CT molecular complexity index is 306. The fourth-order valence-electron chi connectivity index (χ4n) is 2.15. The quantitative estimate of drug-likeness (QED) is 0.771. The molecule has 0 unspecified atom stereocenters. The SMILES string of the molecule is O=C(NC=C1CCOCC1)NCCN1CCOCC1. The molecule has 6 heteroatoms. The summed E-state index contributed by atoms with van der Waals surface area (Å²) in [6.07, 6.45) is 3.63. The van der Waals surface area contributed by atoms with Crippen LogP contribution in [-0.2, 0) is 9.47 Å². The largest absolute Gasteiger partial charge is 0.381 e. The lowest BCUT2D eigenvalue weighted by atomic mass is 10.1. The minimum Gasteiger partial charge on any atom is -0.381 e. The highest BCUT2D eigenvalue weighted by Gasteiger charge is 2.10. The lowest BCUT2D eigenvalue weighted by Gasteiger charge is -2.26. The summed E-state index contributed by atoms with van der Waals surface area (Å²) >= 11 is 0. The molecule has 0 spiro atoms. The monoisotopic (exact) mass is 269 g/mol. The molecule has 0 aromatic rings. The van der Waals surface area contributed by atoms with Gasteiger partial charge in [0.25, 0.3) is 0 Å². The van der Waals surface area contributed by atoms with E-state index in [1.165, 1.54) is 5.57 Å². The average molecular weight is 269 g/mol. The molecule has 0 aliphatic carbocycles. The first kappa shape index (κ1) is 14.3. The van der Waals surface area contributed by atoms with E-state index in [-0.39, 0.29) is 6.03 Å². The van der Waals surface area contributed by atoms with Crippen LogP contribution in [0.2, 0.25) is 0 Å². The molecule has 108 valence electrons. The molecule has 2 fully saturated rings. The van der Waals surface area contributed by atoms with E-state index in [1.807, 2.05) is 6.20 Å². The van der Waals surface area contributed by atoms with Gasteiger partial charge < -0.3 is 20.1 Å². The summed E-state index contributed by atoms with van der Waals surface area (Å²) in [5, 5.41) is 5.64. The Hall–Kier alpha value is -1.11. The first-order chi connectivity index (χ1) is 9.34. The highest BCUT2D eigenvalue weighted by molar-refractivity contribution is 5.74. The zero-order chi connectivity index (χ0) is 13.3. The predicted molar refractivity (Wildman–Crippen MR) is 71.9 cm³/mol. The van der Waals surface area contributed by atoms with Gasteiger partial charge in [0.2, 0.25) is 0 Å². The molecule has 2 N–H and O–H groups in total. The molecule has 19 heavy (non-hydrogen) atoms. The van der Waals surface area contributed by atoms with Crippen molar-refractivity contribution < 1.29 is 14.3 Å². The van der Waals surface area contributed by atoms with Gasteiger partial charge in [-0.15, -0.1) is 0 Å². The second-order valence-electron chi connectivity index (χ2n) is 4.77. The van der Waals surface area contributed by atoms with Crippen LogP contribution in [0.1, 0.15) is 12.8 Å². The molecule has 0 aromatic heterocycles. The Morgan fingerprint density at radius 3 is 2.58 bits per heavy atom. The third-order valence-corrected chi connectivity index (χ3v) is 3.36. The van der Waals surface area contributed by atoms with Crippen molar-refractivity contribution in [3.05, 3.63) is 11.8 Å². The van der Waals surface area contributed by atoms with E-state index in [2.05, 4.69) is 15.5 Å². The maximum absolute atomic E-state index is 11.6. The molecule has 0 atom stereocenters. The van der Waals surface area contributed by atoms with Crippen molar-refractivity contribution in [2.24, 2.45) is 0 Å². The maximum atomic E-state index is 11.6. The first-order valence-corrected chi connectivity index (χ1v) is 6.95. The normalized spacial score (nSPS) is 20.9. The molecule has 0 radical (unpaired) electrons. The van der Waals surface area contributed by atoms with Crippen molar-refractivity contribution in [3.63, 3.8) is 0 Å². The van der Waals surface area contributed by atoms with Gasteiger partial charge in [-0.05, 0) is 18.4 Å². The number of ether oxygens (including phenoxy) is 2. The summed E-state index contributed by atoms with van der Waals surface area (Å²) in [4.78, 5) is 13.9. The van der Waals surface area contributed by atoms with Crippen LogP contribution in [0.3, 0.4) is 0 Å².